The van der Waals surface area contributed by atoms with Crippen LogP contribution >= 0.6 is 0 Å². The molecule has 2 N–H and O–H groups in total. The predicted molar refractivity (Wildman–Crippen MR) is 158 cm³/mol. The first-order valence-corrected chi connectivity index (χ1v) is 13.7. The lowest BCUT2D eigenvalue weighted by molar-refractivity contribution is 0.0338. The maximum atomic E-state index is 13.0. The number of aryl methyl sites for hydroxylation is 1. The Bertz CT molecular complexity index is 1730. The summed E-state index contributed by atoms with van der Waals surface area (Å²) in [5.41, 5.74) is 2.26. The van der Waals surface area contributed by atoms with Crippen molar-refractivity contribution >= 4 is 28.6 Å². The molecule has 1 saturated heterocycles. The first-order chi connectivity index (χ1) is 21.0. The maximum absolute atomic E-state index is 13.0. The molecule has 13 heteroatoms. The zero-order chi connectivity index (χ0) is 29.8. The number of hydrogen-bond donors (Lipinski definition) is 2. The molecule has 0 bridgehead atoms. The highest BCUT2D eigenvalue weighted by atomic mass is 16.5. The molecular weight excluding hydrogens is 552 g/mol. The molecule has 6 rings (SSSR count). The van der Waals surface area contributed by atoms with E-state index < -0.39 is 5.91 Å². The second-order valence-corrected chi connectivity index (χ2v) is 9.84. The normalized spacial score (nSPS) is 14.7. The van der Waals surface area contributed by atoms with Crippen LogP contribution in [-0.2, 0) is 4.74 Å². The van der Waals surface area contributed by atoms with Crippen molar-refractivity contribution in [3.63, 3.8) is 0 Å². The Morgan fingerprint density at radius 1 is 0.977 bits per heavy atom. The van der Waals surface area contributed by atoms with Crippen LogP contribution in [0.3, 0.4) is 0 Å². The van der Waals surface area contributed by atoms with E-state index in [4.69, 9.17) is 18.9 Å². The highest BCUT2D eigenvalue weighted by Gasteiger charge is 2.18. The van der Waals surface area contributed by atoms with Gasteiger partial charge in [-0.2, -0.15) is 5.10 Å². The Balaban J connectivity index is 1.11. The molecule has 1 atom stereocenters. The first-order valence-electron chi connectivity index (χ1n) is 13.7. The van der Waals surface area contributed by atoms with Gasteiger partial charge in [0.2, 0.25) is 5.95 Å². The second-order valence-electron chi connectivity index (χ2n) is 9.84. The maximum Gasteiger partial charge on any atom is 0.277 e. The minimum atomic E-state index is -0.396. The molecule has 5 aromatic rings. The van der Waals surface area contributed by atoms with E-state index in [1.54, 1.807) is 68.0 Å². The summed E-state index contributed by atoms with van der Waals surface area (Å²) in [5.74, 6) is 2.62. The van der Waals surface area contributed by atoms with Crippen LogP contribution in [0.25, 0.3) is 16.6 Å². The average molecular weight is 583 g/mol. The minimum Gasteiger partial charge on any atom is -0.493 e. The van der Waals surface area contributed by atoms with E-state index in [0.29, 0.717) is 51.5 Å². The van der Waals surface area contributed by atoms with Gasteiger partial charge in [-0.15, -0.1) is 0 Å². The van der Waals surface area contributed by atoms with Crippen LogP contribution in [0.5, 0.6) is 23.0 Å². The molecule has 0 radical (unpaired) electrons. The Hall–Kier alpha value is -5.30. The van der Waals surface area contributed by atoms with Gasteiger partial charge in [0.15, 0.2) is 17.2 Å². The number of nitrogens with zero attached hydrogens (tertiary/aromatic N) is 6. The Morgan fingerprint density at radius 2 is 1.79 bits per heavy atom. The van der Waals surface area contributed by atoms with Crippen molar-refractivity contribution in [3.05, 3.63) is 72.6 Å². The number of methoxy groups -OCH3 is 2. The Kier molecular flexibility index (Phi) is 7.96. The number of carbonyl (C=O) groups excluding carboxylic acids is 1. The van der Waals surface area contributed by atoms with Crippen LogP contribution in [0.15, 0.2) is 61.3 Å². The predicted octanol–water partition coefficient (Wildman–Crippen LogP) is 4.91. The van der Waals surface area contributed by atoms with Crippen LogP contribution in [0.1, 0.15) is 35.3 Å². The van der Waals surface area contributed by atoms with Crippen molar-refractivity contribution < 1.29 is 23.7 Å². The van der Waals surface area contributed by atoms with Gasteiger partial charge >= 0.3 is 0 Å². The number of nitrogens with one attached hydrogen (secondary N) is 2. The van der Waals surface area contributed by atoms with Gasteiger partial charge in [-0.05, 0) is 50.5 Å². The minimum absolute atomic E-state index is 0.0830. The topological polar surface area (TPSA) is 147 Å². The lowest BCUT2D eigenvalue weighted by Crippen LogP contribution is -2.28. The molecule has 1 aromatic carbocycles. The summed E-state index contributed by atoms with van der Waals surface area (Å²) in [6.45, 7) is 2.54. The molecule has 220 valence electrons. The third kappa shape index (κ3) is 6.16. The number of hydrogen-bond acceptors (Lipinski definition) is 11. The monoisotopic (exact) mass is 582 g/mol. The molecule has 0 aliphatic carbocycles. The summed E-state index contributed by atoms with van der Waals surface area (Å²) in [6.07, 6.45) is 11.2. The van der Waals surface area contributed by atoms with Gasteiger partial charge in [0.05, 0.1) is 38.3 Å². The van der Waals surface area contributed by atoms with Crippen LogP contribution < -0.4 is 24.8 Å². The number of aromatic nitrogens is 6. The van der Waals surface area contributed by atoms with Gasteiger partial charge in [-0.3, -0.25) is 9.78 Å². The van der Waals surface area contributed by atoms with Crippen LogP contribution in [0.2, 0.25) is 0 Å². The largest absolute Gasteiger partial charge is 0.493 e. The quantitative estimate of drug-likeness (QED) is 0.244. The molecule has 43 heavy (non-hydrogen) atoms. The lowest BCUT2D eigenvalue weighted by Gasteiger charge is -2.23. The molecule has 1 unspecified atom stereocenters. The van der Waals surface area contributed by atoms with Gasteiger partial charge in [0.25, 0.3) is 5.91 Å². The van der Waals surface area contributed by atoms with Gasteiger partial charge in [0, 0.05) is 36.0 Å². The summed E-state index contributed by atoms with van der Waals surface area (Å²) in [4.78, 5) is 30.5. The van der Waals surface area contributed by atoms with E-state index in [2.05, 4.69) is 35.7 Å². The SMILES string of the molecule is COc1cc2nccc(Oc3ccc(NC(=O)c4nn(-c5cnc(NC6CCCCO6)nc5)cc4C)nc3)c2cc1OC. The van der Waals surface area contributed by atoms with E-state index in [9.17, 15) is 4.79 Å². The summed E-state index contributed by atoms with van der Waals surface area (Å²) >= 11 is 0. The molecule has 0 saturated carbocycles. The van der Waals surface area contributed by atoms with E-state index in [0.717, 1.165) is 31.3 Å². The zero-order valence-corrected chi connectivity index (χ0v) is 23.9. The summed E-state index contributed by atoms with van der Waals surface area (Å²) in [6, 6.07) is 8.72. The molecule has 1 aliphatic rings. The van der Waals surface area contributed by atoms with E-state index >= 15 is 0 Å². The van der Waals surface area contributed by atoms with E-state index in [-0.39, 0.29) is 11.9 Å². The van der Waals surface area contributed by atoms with Gasteiger partial charge < -0.3 is 29.6 Å². The van der Waals surface area contributed by atoms with E-state index in [1.165, 1.54) is 6.20 Å². The number of fused-ring (bicyclic) bond motifs is 1. The van der Waals surface area contributed by atoms with Crippen molar-refractivity contribution in [2.45, 2.75) is 32.4 Å². The fraction of sp³-hybridized carbons (Fsp3) is 0.267. The number of anilines is 2. The number of amides is 1. The van der Waals surface area contributed by atoms with E-state index in [1.807, 2.05) is 13.0 Å². The summed E-state index contributed by atoms with van der Waals surface area (Å²) in [7, 11) is 3.14. The Morgan fingerprint density at radius 3 is 2.51 bits per heavy atom. The van der Waals surface area contributed by atoms with Gasteiger partial charge in [0.1, 0.15) is 29.2 Å². The number of rotatable bonds is 9. The summed E-state index contributed by atoms with van der Waals surface area (Å²) < 4.78 is 24.1. The molecule has 0 spiro atoms. The summed E-state index contributed by atoms with van der Waals surface area (Å²) in [5, 5.41) is 11.2. The number of benzene rings is 1. The number of carbonyl (C=O) groups is 1. The van der Waals surface area contributed by atoms with Crippen LogP contribution in [0, 0.1) is 6.92 Å². The standard InChI is InChI=1S/C30H30N8O5/c1-18-17-38(19-14-33-30(34-15-19)36-27-6-4-5-11-42-27)37-28(18)29(39)35-26-8-7-20(16-32-26)43-23-9-10-31-22-13-25(41-3)24(40-2)12-21(22)23/h7-10,12-17,27H,4-6,11H2,1-3H3,(H,32,35,39)(H,33,34,36). The molecule has 4 aromatic heterocycles. The van der Waals surface area contributed by atoms with Crippen molar-refractivity contribution in [3.8, 4) is 28.7 Å². The average Bonchev–Trinajstić information content (AvgIpc) is 3.44. The highest BCUT2D eigenvalue weighted by molar-refractivity contribution is 6.03. The van der Waals surface area contributed by atoms with Crippen molar-refractivity contribution in [2.75, 3.05) is 31.5 Å². The lowest BCUT2D eigenvalue weighted by atomic mass is 10.2. The van der Waals surface area contributed by atoms with Crippen LogP contribution in [-0.4, -0.2) is 62.7 Å². The zero-order valence-electron chi connectivity index (χ0n) is 23.9. The fourth-order valence-corrected chi connectivity index (χ4v) is 4.68. The molecular formula is C30H30N8O5. The van der Waals surface area contributed by atoms with Gasteiger partial charge in [-0.25, -0.2) is 19.6 Å². The van der Waals surface area contributed by atoms with Crippen molar-refractivity contribution in [2.24, 2.45) is 0 Å². The smallest absolute Gasteiger partial charge is 0.277 e. The second kappa shape index (κ2) is 12.3. The van der Waals surface area contributed by atoms with Gasteiger partial charge in [-0.1, -0.05) is 0 Å². The molecule has 1 amide bonds. The third-order valence-electron chi connectivity index (χ3n) is 6.90. The molecule has 13 nitrogen and oxygen atoms in total. The molecule has 1 aliphatic heterocycles. The number of ether oxygens (including phenoxy) is 4. The van der Waals surface area contributed by atoms with Crippen molar-refractivity contribution in [1.82, 2.24) is 29.7 Å². The van der Waals surface area contributed by atoms with Crippen LogP contribution in [0.4, 0.5) is 11.8 Å². The Labute approximate surface area is 247 Å². The molecule has 5 heterocycles. The third-order valence-corrected chi connectivity index (χ3v) is 6.90. The fourth-order valence-electron chi connectivity index (χ4n) is 4.68. The first kappa shape index (κ1) is 27.8. The highest BCUT2D eigenvalue weighted by Crippen LogP contribution is 2.36. The number of pyridine rings is 2. The molecule has 1 fully saturated rings. The van der Waals surface area contributed by atoms with Crippen molar-refractivity contribution in [1.29, 1.82) is 0 Å².